The topological polar surface area (TPSA) is 41.8 Å². The molecule has 0 aliphatic rings. The Balaban J connectivity index is 2.27. The monoisotopic (exact) mass is 214 g/mol. The van der Waals surface area contributed by atoms with E-state index < -0.39 is 0 Å². The lowest BCUT2D eigenvalue weighted by Crippen LogP contribution is -2.13. The smallest absolute Gasteiger partial charge is 0.0227 e. The van der Waals surface area contributed by atoms with Gasteiger partial charge in [0, 0.05) is 24.9 Å². The van der Waals surface area contributed by atoms with E-state index in [1.165, 1.54) is 16.7 Å². The summed E-state index contributed by atoms with van der Waals surface area (Å²) in [6.07, 6.45) is 5.04. The number of aromatic amines is 1. The van der Waals surface area contributed by atoms with Crippen LogP contribution in [0.15, 0.2) is 42.7 Å². The molecule has 0 saturated carbocycles. The quantitative estimate of drug-likeness (QED) is 0.807. The second-order valence-corrected chi connectivity index (χ2v) is 4.03. The van der Waals surface area contributed by atoms with Crippen LogP contribution in [-0.2, 0) is 6.42 Å². The van der Waals surface area contributed by atoms with E-state index in [1.54, 1.807) is 0 Å². The predicted molar refractivity (Wildman–Crippen MR) is 67.5 cm³/mol. The van der Waals surface area contributed by atoms with Crippen LogP contribution in [0.4, 0.5) is 0 Å². The summed E-state index contributed by atoms with van der Waals surface area (Å²) in [5.74, 6) is 0.303. The molecule has 3 N–H and O–H groups in total. The van der Waals surface area contributed by atoms with E-state index in [9.17, 15) is 0 Å². The number of aromatic nitrogens is 1. The first-order valence-electron chi connectivity index (χ1n) is 5.76. The highest BCUT2D eigenvalue weighted by atomic mass is 14.6. The highest BCUT2D eigenvalue weighted by Gasteiger charge is 2.12. The van der Waals surface area contributed by atoms with Crippen LogP contribution in [0, 0.1) is 0 Å². The Hall–Kier alpha value is -1.54. The zero-order valence-corrected chi connectivity index (χ0v) is 9.61. The fraction of sp³-hybridized carbons (Fsp3) is 0.286. The van der Waals surface area contributed by atoms with Gasteiger partial charge in [0.2, 0.25) is 0 Å². The third-order valence-corrected chi connectivity index (χ3v) is 3.05. The molecule has 1 atom stereocenters. The molecule has 2 heteroatoms. The van der Waals surface area contributed by atoms with Crippen molar-refractivity contribution in [1.29, 1.82) is 0 Å². The maximum atomic E-state index is 5.85. The number of hydrogen-bond donors (Lipinski definition) is 2. The third-order valence-electron chi connectivity index (χ3n) is 3.05. The highest BCUT2D eigenvalue weighted by Crippen LogP contribution is 2.23. The van der Waals surface area contributed by atoms with Crippen molar-refractivity contribution in [2.75, 3.05) is 6.54 Å². The minimum Gasteiger partial charge on any atom is -0.367 e. The zero-order valence-electron chi connectivity index (χ0n) is 9.61. The molecule has 0 amide bonds. The molecule has 1 heterocycles. The summed E-state index contributed by atoms with van der Waals surface area (Å²) in [4.78, 5) is 3.08. The Bertz CT molecular complexity index is 415. The molecular weight excluding hydrogens is 196 g/mol. The van der Waals surface area contributed by atoms with Crippen molar-refractivity contribution in [3.05, 3.63) is 59.4 Å². The summed E-state index contributed by atoms with van der Waals surface area (Å²) < 4.78 is 0. The minimum absolute atomic E-state index is 0.303. The Morgan fingerprint density at radius 3 is 2.38 bits per heavy atom. The van der Waals surface area contributed by atoms with Crippen molar-refractivity contribution < 1.29 is 0 Å². The molecule has 0 bridgehead atoms. The average Bonchev–Trinajstić information content (AvgIpc) is 2.85. The molecule has 0 radical (unpaired) electrons. The molecule has 2 aromatic rings. The van der Waals surface area contributed by atoms with Gasteiger partial charge in [0.05, 0.1) is 0 Å². The van der Waals surface area contributed by atoms with Crippen LogP contribution < -0.4 is 5.73 Å². The molecule has 1 aromatic carbocycles. The van der Waals surface area contributed by atoms with Gasteiger partial charge in [-0.1, -0.05) is 31.2 Å². The van der Waals surface area contributed by atoms with E-state index in [0.29, 0.717) is 12.5 Å². The van der Waals surface area contributed by atoms with Gasteiger partial charge in [-0.15, -0.1) is 0 Å². The second kappa shape index (κ2) is 4.99. The summed E-state index contributed by atoms with van der Waals surface area (Å²) in [6.45, 7) is 2.81. The standard InChI is InChI=1S/C14H18N2/c1-2-11-3-5-12(6-4-11)14(9-15)13-7-8-16-10-13/h3-8,10,14,16H,2,9,15H2,1H3. The zero-order chi connectivity index (χ0) is 11.4. The molecule has 2 rings (SSSR count). The molecule has 84 valence electrons. The normalized spacial score (nSPS) is 12.6. The van der Waals surface area contributed by atoms with Gasteiger partial charge in [0.1, 0.15) is 0 Å². The van der Waals surface area contributed by atoms with Crippen LogP contribution in [0.1, 0.15) is 29.5 Å². The van der Waals surface area contributed by atoms with Gasteiger partial charge in [0.25, 0.3) is 0 Å². The molecule has 0 spiro atoms. The van der Waals surface area contributed by atoms with Crippen LogP contribution in [0.3, 0.4) is 0 Å². The van der Waals surface area contributed by atoms with Crippen LogP contribution in [0.2, 0.25) is 0 Å². The molecule has 1 aromatic heterocycles. The molecule has 0 aliphatic heterocycles. The summed E-state index contributed by atoms with van der Waals surface area (Å²) in [6, 6.07) is 10.8. The molecule has 1 unspecified atom stereocenters. The van der Waals surface area contributed by atoms with E-state index >= 15 is 0 Å². The van der Waals surface area contributed by atoms with Gasteiger partial charge in [-0.05, 0) is 29.2 Å². The summed E-state index contributed by atoms with van der Waals surface area (Å²) >= 11 is 0. The van der Waals surface area contributed by atoms with Crippen molar-refractivity contribution in [1.82, 2.24) is 4.98 Å². The van der Waals surface area contributed by atoms with Gasteiger partial charge in [-0.25, -0.2) is 0 Å². The van der Waals surface area contributed by atoms with Crippen LogP contribution in [0.25, 0.3) is 0 Å². The van der Waals surface area contributed by atoms with E-state index in [4.69, 9.17) is 5.73 Å². The van der Waals surface area contributed by atoms with Crippen LogP contribution in [-0.4, -0.2) is 11.5 Å². The lowest BCUT2D eigenvalue weighted by Gasteiger charge is -2.14. The Kier molecular flexibility index (Phi) is 3.42. The minimum atomic E-state index is 0.303. The van der Waals surface area contributed by atoms with Crippen LogP contribution in [0.5, 0.6) is 0 Å². The number of nitrogens with two attached hydrogens (primary N) is 1. The van der Waals surface area contributed by atoms with Gasteiger partial charge in [-0.3, -0.25) is 0 Å². The van der Waals surface area contributed by atoms with Gasteiger partial charge < -0.3 is 10.7 Å². The third kappa shape index (κ3) is 2.17. The van der Waals surface area contributed by atoms with E-state index in [0.717, 1.165) is 6.42 Å². The second-order valence-electron chi connectivity index (χ2n) is 4.03. The van der Waals surface area contributed by atoms with Crippen molar-refractivity contribution in [2.24, 2.45) is 5.73 Å². The van der Waals surface area contributed by atoms with Crippen molar-refractivity contribution in [3.8, 4) is 0 Å². The lowest BCUT2D eigenvalue weighted by atomic mass is 9.92. The SMILES string of the molecule is CCc1ccc(C(CN)c2cc[nH]c2)cc1. The molecule has 0 saturated heterocycles. The fourth-order valence-corrected chi connectivity index (χ4v) is 2.00. The van der Waals surface area contributed by atoms with E-state index in [-0.39, 0.29) is 0 Å². The Labute approximate surface area is 96.5 Å². The predicted octanol–water partition coefficient (Wildman–Crippen LogP) is 2.67. The molecule has 0 aliphatic carbocycles. The first-order valence-corrected chi connectivity index (χ1v) is 5.76. The van der Waals surface area contributed by atoms with Gasteiger partial charge >= 0.3 is 0 Å². The number of benzene rings is 1. The first kappa shape index (κ1) is 11.0. The highest BCUT2D eigenvalue weighted by molar-refractivity contribution is 5.33. The van der Waals surface area contributed by atoms with Gasteiger partial charge in [0.15, 0.2) is 0 Å². The molecule has 16 heavy (non-hydrogen) atoms. The number of aryl methyl sites for hydroxylation is 1. The number of hydrogen-bond acceptors (Lipinski definition) is 1. The lowest BCUT2D eigenvalue weighted by molar-refractivity contribution is 0.819. The van der Waals surface area contributed by atoms with Crippen molar-refractivity contribution >= 4 is 0 Å². The number of H-pyrrole nitrogens is 1. The maximum absolute atomic E-state index is 5.85. The van der Waals surface area contributed by atoms with E-state index in [1.807, 2.05) is 12.4 Å². The molecule has 0 fully saturated rings. The maximum Gasteiger partial charge on any atom is 0.0227 e. The summed E-state index contributed by atoms with van der Waals surface area (Å²) in [5, 5.41) is 0. The first-order chi connectivity index (χ1) is 7.85. The summed E-state index contributed by atoms with van der Waals surface area (Å²) in [5.41, 5.74) is 9.77. The fourth-order valence-electron chi connectivity index (χ4n) is 2.00. The Morgan fingerprint density at radius 1 is 1.12 bits per heavy atom. The van der Waals surface area contributed by atoms with Crippen molar-refractivity contribution in [3.63, 3.8) is 0 Å². The Morgan fingerprint density at radius 2 is 1.88 bits per heavy atom. The molecule has 2 nitrogen and oxygen atoms in total. The number of nitrogens with one attached hydrogen (secondary N) is 1. The molecular formula is C14H18N2. The van der Waals surface area contributed by atoms with Gasteiger partial charge in [-0.2, -0.15) is 0 Å². The summed E-state index contributed by atoms with van der Waals surface area (Å²) in [7, 11) is 0. The van der Waals surface area contributed by atoms with Crippen molar-refractivity contribution in [2.45, 2.75) is 19.3 Å². The number of rotatable bonds is 4. The van der Waals surface area contributed by atoms with E-state index in [2.05, 4.69) is 42.2 Å². The largest absolute Gasteiger partial charge is 0.367 e. The average molecular weight is 214 g/mol. The van der Waals surface area contributed by atoms with Crippen LogP contribution >= 0.6 is 0 Å².